The predicted molar refractivity (Wildman–Crippen MR) is 55.9 cm³/mol. The van der Waals surface area contributed by atoms with Crippen molar-refractivity contribution in [2.24, 2.45) is 11.3 Å². The lowest BCUT2D eigenvalue weighted by molar-refractivity contribution is -0.123. The van der Waals surface area contributed by atoms with Crippen LogP contribution in [-0.4, -0.2) is 15.8 Å². The zero-order valence-electron chi connectivity index (χ0n) is 9.29. The van der Waals surface area contributed by atoms with Crippen molar-refractivity contribution >= 4 is 5.78 Å². The summed E-state index contributed by atoms with van der Waals surface area (Å²) in [6.45, 7) is 7.94. The Hall–Kier alpha value is -1.12. The van der Waals surface area contributed by atoms with Crippen molar-refractivity contribution in [3.8, 4) is 0 Å². The van der Waals surface area contributed by atoms with Crippen molar-refractivity contribution in [1.29, 1.82) is 0 Å². The summed E-state index contributed by atoms with van der Waals surface area (Å²) in [5, 5.41) is 0. The number of Topliss-reactive ketones (excluding diaryl/α,β-unsaturated/α-hetero) is 1. The number of rotatable bonds is 3. The van der Waals surface area contributed by atoms with Gasteiger partial charge in [-0.1, -0.05) is 20.8 Å². The van der Waals surface area contributed by atoms with Gasteiger partial charge in [0.25, 0.3) is 0 Å². The van der Waals surface area contributed by atoms with Crippen LogP contribution in [-0.2, 0) is 11.2 Å². The zero-order chi connectivity index (χ0) is 10.8. The molecular formula is C11H18N2O. The highest BCUT2D eigenvalue weighted by molar-refractivity contribution is 5.79. The normalized spacial score (nSPS) is 14.0. The zero-order valence-corrected chi connectivity index (χ0v) is 9.29. The lowest BCUT2D eigenvalue weighted by Crippen LogP contribution is -2.29. The Bertz CT molecular complexity index is 296. The van der Waals surface area contributed by atoms with Gasteiger partial charge in [-0.25, -0.2) is 4.98 Å². The summed E-state index contributed by atoms with van der Waals surface area (Å²) >= 11 is 0. The quantitative estimate of drug-likeness (QED) is 0.801. The summed E-state index contributed by atoms with van der Waals surface area (Å²) in [7, 11) is 0. The molecular weight excluding hydrogens is 176 g/mol. The second kappa shape index (κ2) is 3.95. The van der Waals surface area contributed by atoms with E-state index in [0.29, 0.717) is 0 Å². The first kappa shape index (κ1) is 11.0. The van der Waals surface area contributed by atoms with E-state index in [0.717, 1.165) is 12.1 Å². The van der Waals surface area contributed by atoms with Crippen LogP contribution < -0.4 is 0 Å². The SMILES string of the molecule is CC(=O)C(Cc1cnc[nH]1)C(C)(C)C. The van der Waals surface area contributed by atoms with Crippen LogP contribution >= 0.6 is 0 Å². The third-order valence-corrected chi connectivity index (χ3v) is 2.51. The number of imidazole rings is 1. The molecule has 0 aliphatic rings. The molecule has 14 heavy (non-hydrogen) atoms. The molecule has 1 aromatic heterocycles. The molecule has 0 aliphatic carbocycles. The van der Waals surface area contributed by atoms with Gasteiger partial charge in [0.05, 0.1) is 6.33 Å². The highest BCUT2D eigenvalue weighted by Gasteiger charge is 2.28. The smallest absolute Gasteiger partial charge is 0.133 e. The van der Waals surface area contributed by atoms with Crippen LogP contribution in [0.3, 0.4) is 0 Å². The number of ketones is 1. The second-order valence-corrected chi connectivity index (χ2v) is 4.81. The minimum absolute atomic E-state index is 0.0109. The second-order valence-electron chi connectivity index (χ2n) is 4.81. The van der Waals surface area contributed by atoms with Crippen LogP contribution in [0.25, 0.3) is 0 Å². The van der Waals surface area contributed by atoms with Gasteiger partial charge in [0.15, 0.2) is 0 Å². The van der Waals surface area contributed by atoms with Gasteiger partial charge >= 0.3 is 0 Å². The van der Waals surface area contributed by atoms with E-state index in [1.807, 2.05) is 0 Å². The average molecular weight is 194 g/mol. The number of nitrogens with one attached hydrogen (secondary N) is 1. The molecule has 1 N–H and O–H groups in total. The molecule has 1 aromatic rings. The summed E-state index contributed by atoms with van der Waals surface area (Å²) < 4.78 is 0. The molecule has 78 valence electrons. The molecule has 3 nitrogen and oxygen atoms in total. The van der Waals surface area contributed by atoms with Crippen LogP contribution in [0.4, 0.5) is 0 Å². The summed E-state index contributed by atoms with van der Waals surface area (Å²) in [5.41, 5.74) is 1.04. The number of H-pyrrole nitrogens is 1. The van der Waals surface area contributed by atoms with Crippen molar-refractivity contribution in [2.75, 3.05) is 0 Å². The first-order chi connectivity index (χ1) is 6.41. The maximum Gasteiger partial charge on any atom is 0.133 e. The minimum atomic E-state index is 0.0109. The molecule has 0 spiro atoms. The van der Waals surface area contributed by atoms with Gasteiger partial charge in [-0.05, 0) is 18.8 Å². The van der Waals surface area contributed by atoms with E-state index >= 15 is 0 Å². The van der Waals surface area contributed by atoms with Crippen LogP contribution in [0, 0.1) is 11.3 Å². The molecule has 3 heteroatoms. The molecule has 0 radical (unpaired) electrons. The van der Waals surface area contributed by atoms with Gasteiger partial charge < -0.3 is 4.98 Å². The Labute approximate surface area is 84.9 Å². The summed E-state index contributed by atoms with van der Waals surface area (Å²) in [6.07, 6.45) is 4.18. The largest absolute Gasteiger partial charge is 0.348 e. The molecule has 0 fully saturated rings. The Kier molecular flexibility index (Phi) is 3.09. The number of nitrogens with zero attached hydrogens (tertiary/aromatic N) is 1. The van der Waals surface area contributed by atoms with E-state index in [-0.39, 0.29) is 17.1 Å². The fourth-order valence-corrected chi connectivity index (χ4v) is 1.68. The van der Waals surface area contributed by atoms with Gasteiger partial charge in [-0.15, -0.1) is 0 Å². The van der Waals surface area contributed by atoms with Gasteiger partial charge in [0, 0.05) is 17.8 Å². The third kappa shape index (κ3) is 2.69. The number of hydrogen-bond acceptors (Lipinski definition) is 2. The van der Waals surface area contributed by atoms with E-state index in [9.17, 15) is 4.79 Å². The highest BCUT2D eigenvalue weighted by Crippen LogP contribution is 2.29. The minimum Gasteiger partial charge on any atom is -0.348 e. The van der Waals surface area contributed by atoms with Crippen molar-refractivity contribution in [1.82, 2.24) is 9.97 Å². The Morgan fingerprint density at radius 1 is 1.57 bits per heavy atom. The van der Waals surface area contributed by atoms with E-state index in [1.165, 1.54) is 0 Å². The van der Waals surface area contributed by atoms with Gasteiger partial charge in [-0.3, -0.25) is 4.79 Å². The lowest BCUT2D eigenvalue weighted by Gasteiger charge is -2.28. The Morgan fingerprint density at radius 2 is 2.21 bits per heavy atom. The summed E-state index contributed by atoms with van der Waals surface area (Å²) in [4.78, 5) is 18.5. The van der Waals surface area contributed by atoms with Crippen molar-refractivity contribution in [3.05, 3.63) is 18.2 Å². The fourth-order valence-electron chi connectivity index (χ4n) is 1.68. The highest BCUT2D eigenvalue weighted by atomic mass is 16.1. The summed E-state index contributed by atoms with van der Waals surface area (Å²) in [5.74, 6) is 0.301. The molecule has 0 saturated heterocycles. The van der Waals surface area contributed by atoms with Crippen molar-refractivity contribution < 1.29 is 4.79 Å². The van der Waals surface area contributed by atoms with Crippen molar-refractivity contribution in [2.45, 2.75) is 34.1 Å². The van der Waals surface area contributed by atoms with Crippen molar-refractivity contribution in [3.63, 3.8) is 0 Å². The lowest BCUT2D eigenvalue weighted by atomic mass is 9.76. The summed E-state index contributed by atoms with van der Waals surface area (Å²) in [6, 6.07) is 0. The van der Waals surface area contributed by atoms with Crippen LogP contribution in [0.2, 0.25) is 0 Å². The van der Waals surface area contributed by atoms with Crippen LogP contribution in [0.1, 0.15) is 33.4 Å². The van der Waals surface area contributed by atoms with E-state index in [1.54, 1.807) is 19.4 Å². The fraction of sp³-hybridized carbons (Fsp3) is 0.636. The number of aromatic amines is 1. The molecule has 0 saturated carbocycles. The first-order valence-corrected chi connectivity index (χ1v) is 4.89. The van der Waals surface area contributed by atoms with Crippen LogP contribution in [0.15, 0.2) is 12.5 Å². The molecule has 0 aliphatic heterocycles. The first-order valence-electron chi connectivity index (χ1n) is 4.89. The maximum atomic E-state index is 11.5. The van der Waals surface area contributed by atoms with E-state index in [2.05, 4.69) is 30.7 Å². The molecule has 1 atom stereocenters. The topological polar surface area (TPSA) is 45.8 Å². The molecule has 1 rings (SSSR count). The third-order valence-electron chi connectivity index (χ3n) is 2.51. The Balaban J connectivity index is 2.76. The maximum absolute atomic E-state index is 11.5. The molecule has 0 amide bonds. The van der Waals surface area contributed by atoms with E-state index in [4.69, 9.17) is 0 Å². The average Bonchev–Trinajstić information content (AvgIpc) is 2.48. The van der Waals surface area contributed by atoms with E-state index < -0.39 is 0 Å². The predicted octanol–water partition coefficient (Wildman–Crippen LogP) is 2.20. The monoisotopic (exact) mass is 194 g/mol. The van der Waals surface area contributed by atoms with Gasteiger partial charge in [0.2, 0.25) is 0 Å². The number of carbonyl (C=O) groups excluding carboxylic acids is 1. The number of aromatic nitrogens is 2. The molecule has 1 heterocycles. The molecule has 0 aromatic carbocycles. The Morgan fingerprint density at radius 3 is 2.57 bits per heavy atom. The number of carbonyl (C=O) groups is 1. The standard InChI is InChI=1S/C11H18N2O/c1-8(14)10(11(2,3)4)5-9-6-12-7-13-9/h6-7,10H,5H2,1-4H3,(H,12,13). The number of hydrogen-bond donors (Lipinski definition) is 1. The van der Waals surface area contributed by atoms with Gasteiger partial charge in [0.1, 0.15) is 5.78 Å². The van der Waals surface area contributed by atoms with Gasteiger partial charge in [-0.2, -0.15) is 0 Å². The molecule has 0 bridgehead atoms. The molecule has 1 unspecified atom stereocenters. The van der Waals surface area contributed by atoms with Crippen LogP contribution in [0.5, 0.6) is 0 Å².